The monoisotopic (exact) mass is 378 g/mol. The number of likely N-dealkylation sites (tertiary alicyclic amines) is 1. The van der Waals surface area contributed by atoms with Crippen LogP contribution in [0.4, 0.5) is 5.69 Å². The van der Waals surface area contributed by atoms with Gasteiger partial charge < -0.3 is 10.6 Å². The average molecular weight is 378 g/mol. The Morgan fingerprint density at radius 1 is 1.14 bits per heavy atom. The maximum atomic E-state index is 12.7. The quantitative estimate of drug-likeness (QED) is 0.746. The van der Waals surface area contributed by atoms with Gasteiger partial charge in [-0.1, -0.05) is 18.2 Å². The molecule has 1 fully saturated rings. The lowest BCUT2D eigenvalue weighted by Gasteiger charge is -2.31. The van der Waals surface area contributed by atoms with Crippen molar-refractivity contribution in [2.75, 3.05) is 18.8 Å². The molecule has 0 radical (unpaired) electrons. The van der Waals surface area contributed by atoms with Gasteiger partial charge in [-0.25, -0.2) is 14.0 Å². The summed E-state index contributed by atoms with van der Waals surface area (Å²) in [6.07, 6.45) is 3.01. The van der Waals surface area contributed by atoms with E-state index >= 15 is 0 Å². The number of hydrogen-bond acceptors (Lipinski definition) is 5. The van der Waals surface area contributed by atoms with Crippen molar-refractivity contribution >= 4 is 11.6 Å². The highest BCUT2D eigenvalue weighted by Crippen LogP contribution is 2.28. The van der Waals surface area contributed by atoms with E-state index in [0.717, 1.165) is 24.4 Å². The number of rotatable bonds is 3. The van der Waals surface area contributed by atoms with E-state index < -0.39 is 0 Å². The van der Waals surface area contributed by atoms with E-state index in [1.54, 1.807) is 34.8 Å². The van der Waals surface area contributed by atoms with Crippen LogP contribution >= 0.6 is 0 Å². The van der Waals surface area contributed by atoms with Gasteiger partial charge in [0.25, 0.3) is 5.91 Å². The molecule has 1 saturated heterocycles. The summed E-state index contributed by atoms with van der Waals surface area (Å²) in [7, 11) is 1.66. The van der Waals surface area contributed by atoms with Gasteiger partial charge in [0.2, 0.25) is 0 Å². The number of amides is 1. The molecule has 0 atom stereocenters. The molecule has 8 nitrogen and oxygen atoms in total. The number of carbonyl (C=O) groups excluding carboxylic acids is 1. The van der Waals surface area contributed by atoms with Gasteiger partial charge >= 0.3 is 5.69 Å². The molecule has 0 bridgehead atoms. The Morgan fingerprint density at radius 3 is 2.54 bits per heavy atom. The lowest BCUT2D eigenvalue weighted by molar-refractivity contribution is 0.0704. The second-order valence-electron chi connectivity index (χ2n) is 6.98. The third-order valence-corrected chi connectivity index (χ3v) is 5.11. The van der Waals surface area contributed by atoms with Crippen LogP contribution in [0.3, 0.4) is 0 Å². The summed E-state index contributed by atoms with van der Waals surface area (Å²) in [5.41, 5.74) is 7.28. The van der Waals surface area contributed by atoms with Crippen LogP contribution in [0, 0.1) is 0 Å². The zero-order chi connectivity index (χ0) is 19.7. The van der Waals surface area contributed by atoms with E-state index in [4.69, 9.17) is 5.73 Å². The number of benzene rings is 1. The number of aryl methyl sites for hydroxylation is 1. The highest BCUT2D eigenvalue weighted by molar-refractivity contribution is 5.93. The number of nitrogens with two attached hydrogens (primary N) is 1. The summed E-state index contributed by atoms with van der Waals surface area (Å²) in [5.74, 6) is 0.729. The zero-order valence-electron chi connectivity index (χ0n) is 15.7. The number of pyridine rings is 1. The first-order chi connectivity index (χ1) is 13.5. The summed E-state index contributed by atoms with van der Waals surface area (Å²) in [6, 6.07) is 12.8. The van der Waals surface area contributed by atoms with Gasteiger partial charge in [-0.15, -0.1) is 0 Å². The zero-order valence-corrected chi connectivity index (χ0v) is 15.7. The molecule has 4 rings (SSSR count). The Balaban J connectivity index is 1.54. The van der Waals surface area contributed by atoms with Crippen molar-refractivity contribution in [3.8, 4) is 5.69 Å². The van der Waals surface area contributed by atoms with Crippen molar-refractivity contribution in [2.24, 2.45) is 7.05 Å². The first-order valence-electron chi connectivity index (χ1n) is 9.27. The molecule has 1 aliphatic heterocycles. The fraction of sp³-hybridized carbons (Fsp3) is 0.300. The van der Waals surface area contributed by atoms with E-state index in [1.807, 2.05) is 30.3 Å². The molecule has 0 aliphatic carbocycles. The van der Waals surface area contributed by atoms with Crippen LogP contribution in [-0.2, 0) is 7.05 Å². The minimum absolute atomic E-state index is 0.104. The summed E-state index contributed by atoms with van der Waals surface area (Å²) >= 11 is 0. The molecular weight excluding hydrogens is 356 g/mol. The third-order valence-electron chi connectivity index (χ3n) is 5.11. The molecule has 8 heteroatoms. The van der Waals surface area contributed by atoms with Gasteiger partial charge in [-0.3, -0.25) is 9.78 Å². The molecule has 1 aromatic carbocycles. The van der Waals surface area contributed by atoms with Crippen LogP contribution in [0.15, 0.2) is 53.5 Å². The van der Waals surface area contributed by atoms with E-state index in [2.05, 4.69) is 10.1 Å². The number of piperidine rings is 1. The first kappa shape index (κ1) is 18.0. The van der Waals surface area contributed by atoms with E-state index in [9.17, 15) is 9.59 Å². The SMILES string of the molecule is Cn1nc(C2CCN(C(=O)c3cc(N)ccn3)CC2)n(-c2ccccc2)c1=O. The van der Waals surface area contributed by atoms with Gasteiger partial charge in [0.15, 0.2) is 0 Å². The molecule has 3 aromatic rings. The number of anilines is 1. The third kappa shape index (κ3) is 3.28. The van der Waals surface area contributed by atoms with Crippen molar-refractivity contribution in [1.29, 1.82) is 0 Å². The fourth-order valence-corrected chi connectivity index (χ4v) is 3.63. The molecule has 3 heterocycles. The van der Waals surface area contributed by atoms with Gasteiger partial charge in [0.1, 0.15) is 11.5 Å². The maximum Gasteiger partial charge on any atom is 0.350 e. The Labute approximate surface area is 162 Å². The molecule has 0 unspecified atom stereocenters. The van der Waals surface area contributed by atoms with Gasteiger partial charge in [-0.2, -0.15) is 5.10 Å². The van der Waals surface area contributed by atoms with Crippen molar-refractivity contribution in [2.45, 2.75) is 18.8 Å². The number of para-hydroxylation sites is 1. The van der Waals surface area contributed by atoms with Gasteiger partial charge in [0.05, 0.1) is 5.69 Å². The van der Waals surface area contributed by atoms with E-state index in [1.165, 1.54) is 4.68 Å². The molecule has 1 aliphatic rings. The van der Waals surface area contributed by atoms with Crippen LogP contribution in [0.25, 0.3) is 5.69 Å². The van der Waals surface area contributed by atoms with Crippen molar-refractivity contribution in [3.05, 3.63) is 70.7 Å². The molecule has 2 aromatic heterocycles. The highest BCUT2D eigenvalue weighted by atomic mass is 16.2. The second-order valence-corrected chi connectivity index (χ2v) is 6.98. The number of hydrogen-bond donors (Lipinski definition) is 1. The summed E-state index contributed by atoms with van der Waals surface area (Å²) < 4.78 is 3.04. The smallest absolute Gasteiger partial charge is 0.350 e. The molecule has 144 valence electrons. The van der Waals surface area contributed by atoms with E-state index in [0.29, 0.717) is 24.5 Å². The number of carbonyl (C=O) groups is 1. The number of nitrogens with zero attached hydrogens (tertiary/aromatic N) is 5. The molecular formula is C20H22N6O2. The molecule has 28 heavy (non-hydrogen) atoms. The summed E-state index contributed by atoms with van der Waals surface area (Å²) in [5, 5.41) is 4.48. The summed E-state index contributed by atoms with van der Waals surface area (Å²) in [4.78, 5) is 31.2. The van der Waals surface area contributed by atoms with Crippen LogP contribution < -0.4 is 11.4 Å². The van der Waals surface area contributed by atoms with Crippen molar-refractivity contribution in [1.82, 2.24) is 24.2 Å². The molecule has 0 saturated carbocycles. The predicted molar refractivity (Wildman–Crippen MR) is 105 cm³/mol. The molecule has 2 N–H and O–H groups in total. The van der Waals surface area contributed by atoms with Crippen molar-refractivity contribution < 1.29 is 4.79 Å². The first-order valence-corrected chi connectivity index (χ1v) is 9.27. The minimum atomic E-state index is -0.163. The summed E-state index contributed by atoms with van der Waals surface area (Å²) in [6.45, 7) is 1.17. The second kappa shape index (κ2) is 7.30. The Bertz CT molecular complexity index is 1050. The molecule has 0 spiro atoms. The largest absolute Gasteiger partial charge is 0.399 e. The van der Waals surface area contributed by atoms with Crippen LogP contribution in [0.5, 0.6) is 0 Å². The van der Waals surface area contributed by atoms with Crippen LogP contribution in [0.2, 0.25) is 0 Å². The Hall–Kier alpha value is -3.42. The van der Waals surface area contributed by atoms with Gasteiger partial charge in [0, 0.05) is 37.9 Å². The van der Waals surface area contributed by atoms with Crippen LogP contribution in [-0.4, -0.2) is 43.2 Å². The number of nitrogen functional groups attached to an aromatic ring is 1. The highest BCUT2D eigenvalue weighted by Gasteiger charge is 2.29. The molecule has 1 amide bonds. The number of aromatic nitrogens is 4. The van der Waals surface area contributed by atoms with Crippen molar-refractivity contribution in [3.63, 3.8) is 0 Å². The topological polar surface area (TPSA) is 99.0 Å². The maximum absolute atomic E-state index is 12.7. The fourth-order valence-electron chi connectivity index (χ4n) is 3.63. The van der Waals surface area contributed by atoms with Gasteiger partial charge in [-0.05, 0) is 37.1 Å². The van der Waals surface area contributed by atoms with Crippen LogP contribution in [0.1, 0.15) is 35.1 Å². The lowest BCUT2D eigenvalue weighted by atomic mass is 9.95. The minimum Gasteiger partial charge on any atom is -0.399 e. The predicted octanol–water partition coefficient (Wildman–Crippen LogP) is 1.57. The average Bonchev–Trinajstić information content (AvgIpc) is 3.03. The standard InChI is InChI=1S/C20H22N6O2/c1-24-20(28)26(16-5-3-2-4-6-16)18(23-24)14-8-11-25(12-9-14)19(27)17-13-15(21)7-10-22-17/h2-7,10,13-14H,8-9,11-12H2,1H3,(H2,21,22). The lowest BCUT2D eigenvalue weighted by Crippen LogP contribution is -2.39. The normalized spacial score (nSPS) is 15.0. The Morgan fingerprint density at radius 2 is 1.86 bits per heavy atom. The Kier molecular flexibility index (Phi) is 4.68. The van der Waals surface area contributed by atoms with E-state index in [-0.39, 0.29) is 17.5 Å².